The van der Waals surface area contributed by atoms with E-state index >= 15 is 0 Å². The maximum absolute atomic E-state index is 12.9. The number of carbonyl (C=O) groups is 2. The third-order valence-corrected chi connectivity index (χ3v) is 6.20. The van der Waals surface area contributed by atoms with Gasteiger partial charge in [0.05, 0.1) is 12.5 Å². The first-order chi connectivity index (χ1) is 10.3. The number of allylic oxidation sites excluding steroid dienone is 1. The van der Waals surface area contributed by atoms with Gasteiger partial charge in [-0.1, -0.05) is 46.6 Å². The minimum Gasteiger partial charge on any atom is -0.466 e. The summed E-state index contributed by atoms with van der Waals surface area (Å²) in [5.41, 5.74) is 0.640. The molecule has 0 spiro atoms. The summed E-state index contributed by atoms with van der Waals surface area (Å²) < 4.78 is 5.21. The number of unbranched alkanes of at least 4 members (excludes halogenated alkanes) is 1. The molecule has 2 bridgehead atoms. The lowest BCUT2D eigenvalue weighted by molar-refractivity contribution is -0.146. The Bertz CT molecular complexity index is 489. The molecule has 0 saturated heterocycles. The monoisotopic (exact) mass is 306 g/mol. The number of hydrogen-bond acceptors (Lipinski definition) is 3. The predicted molar refractivity (Wildman–Crippen MR) is 87.4 cm³/mol. The van der Waals surface area contributed by atoms with Crippen molar-refractivity contribution in [2.75, 3.05) is 6.61 Å². The second-order valence-electron chi connectivity index (χ2n) is 7.60. The average molecular weight is 306 g/mol. The first-order valence-electron chi connectivity index (χ1n) is 8.72. The summed E-state index contributed by atoms with van der Waals surface area (Å²) in [6.07, 6.45) is 6.78. The van der Waals surface area contributed by atoms with Crippen molar-refractivity contribution >= 4 is 11.8 Å². The van der Waals surface area contributed by atoms with E-state index in [0.717, 1.165) is 37.7 Å². The molecule has 0 unspecified atom stereocenters. The molecule has 22 heavy (non-hydrogen) atoms. The van der Waals surface area contributed by atoms with E-state index in [1.54, 1.807) is 0 Å². The van der Waals surface area contributed by atoms with Crippen LogP contribution >= 0.6 is 0 Å². The molecule has 0 aromatic rings. The lowest BCUT2D eigenvalue weighted by atomic mass is 9.70. The second kappa shape index (κ2) is 6.17. The summed E-state index contributed by atoms with van der Waals surface area (Å²) >= 11 is 0. The van der Waals surface area contributed by atoms with Gasteiger partial charge in [-0.15, -0.1) is 0 Å². The number of ketones is 1. The predicted octanol–water partition coefficient (Wildman–Crippen LogP) is 4.31. The molecule has 0 aromatic carbocycles. The van der Waals surface area contributed by atoms with Crippen LogP contribution in [0.1, 0.15) is 66.7 Å². The van der Waals surface area contributed by atoms with Crippen LogP contribution in [0.5, 0.6) is 0 Å². The highest BCUT2D eigenvalue weighted by Crippen LogP contribution is 2.65. The molecule has 0 aliphatic heterocycles. The van der Waals surface area contributed by atoms with Gasteiger partial charge in [0, 0.05) is 5.41 Å². The highest BCUT2D eigenvalue weighted by molar-refractivity contribution is 6.05. The van der Waals surface area contributed by atoms with Gasteiger partial charge in [0.25, 0.3) is 0 Å². The fourth-order valence-corrected chi connectivity index (χ4v) is 4.28. The number of hydrogen-bond donors (Lipinski definition) is 0. The Balaban J connectivity index is 2.29. The van der Waals surface area contributed by atoms with Crippen LogP contribution in [0.25, 0.3) is 0 Å². The van der Waals surface area contributed by atoms with Gasteiger partial charge < -0.3 is 4.74 Å². The van der Waals surface area contributed by atoms with Crippen molar-refractivity contribution in [1.29, 1.82) is 0 Å². The Labute approximate surface area is 134 Å². The summed E-state index contributed by atoms with van der Waals surface area (Å²) in [5.74, 6) is 0.114. The van der Waals surface area contributed by atoms with Crippen LogP contribution in [0.3, 0.4) is 0 Å². The van der Waals surface area contributed by atoms with Crippen LogP contribution in [0, 0.1) is 22.7 Å². The van der Waals surface area contributed by atoms with Crippen molar-refractivity contribution < 1.29 is 14.3 Å². The molecule has 124 valence electrons. The molecule has 0 aromatic heterocycles. The molecule has 3 nitrogen and oxygen atoms in total. The van der Waals surface area contributed by atoms with E-state index in [1.165, 1.54) is 0 Å². The van der Waals surface area contributed by atoms with Crippen molar-refractivity contribution in [3.8, 4) is 0 Å². The van der Waals surface area contributed by atoms with Crippen LogP contribution in [-0.2, 0) is 14.3 Å². The van der Waals surface area contributed by atoms with Gasteiger partial charge in [-0.05, 0) is 43.1 Å². The Kier molecular flexibility index (Phi) is 4.84. The average Bonchev–Trinajstić information content (AvgIpc) is 2.77. The van der Waals surface area contributed by atoms with Gasteiger partial charge in [0.15, 0.2) is 5.78 Å². The minimum absolute atomic E-state index is 0.000115. The molecule has 2 saturated carbocycles. The molecule has 2 fully saturated rings. The molecule has 0 radical (unpaired) electrons. The number of rotatable bonds is 6. The second-order valence-corrected chi connectivity index (χ2v) is 7.60. The summed E-state index contributed by atoms with van der Waals surface area (Å²) in [7, 11) is 0. The number of ether oxygens (including phenoxy) is 1. The van der Waals surface area contributed by atoms with Gasteiger partial charge in [0.1, 0.15) is 0 Å². The molecule has 2 aliphatic rings. The lowest BCUT2D eigenvalue weighted by Gasteiger charge is -2.31. The van der Waals surface area contributed by atoms with Gasteiger partial charge in [-0.2, -0.15) is 0 Å². The summed E-state index contributed by atoms with van der Waals surface area (Å²) in [4.78, 5) is 25.1. The van der Waals surface area contributed by atoms with Gasteiger partial charge in [-0.3, -0.25) is 9.59 Å². The first-order valence-corrected chi connectivity index (χ1v) is 8.72. The molecular weight excluding hydrogens is 276 g/mol. The number of carbonyl (C=O) groups excluding carboxylic acids is 2. The van der Waals surface area contributed by atoms with Gasteiger partial charge in [-0.25, -0.2) is 0 Å². The highest BCUT2D eigenvalue weighted by atomic mass is 16.5. The van der Waals surface area contributed by atoms with E-state index in [1.807, 2.05) is 13.0 Å². The quantitative estimate of drug-likeness (QED) is 0.542. The highest BCUT2D eigenvalue weighted by Gasteiger charge is 2.63. The topological polar surface area (TPSA) is 43.4 Å². The van der Waals surface area contributed by atoms with E-state index in [2.05, 4.69) is 27.7 Å². The Morgan fingerprint density at radius 2 is 2.05 bits per heavy atom. The third-order valence-electron chi connectivity index (χ3n) is 6.20. The van der Waals surface area contributed by atoms with E-state index in [-0.39, 0.29) is 28.5 Å². The first kappa shape index (κ1) is 17.2. The van der Waals surface area contributed by atoms with Crippen molar-refractivity contribution in [2.24, 2.45) is 22.7 Å². The molecule has 2 rings (SSSR count). The van der Waals surface area contributed by atoms with Crippen LogP contribution < -0.4 is 0 Å². The molecule has 0 N–H and O–H groups in total. The van der Waals surface area contributed by atoms with Crippen molar-refractivity contribution in [3.05, 3.63) is 11.6 Å². The van der Waals surface area contributed by atoms with Crippen LogP contribution in [-0.4, -0.2) is 18.4 Å². The summed E-state index contributed by atoms with van der Waals surface area (Å²) in [6, 6.07) is 0. The molecule has 3 atom stereocenters. The SMILES string of the molecule is CCCC[C@@H](/C=C1/C(=O)[C@]2(C)CC[C@@H]1C2(C)C)C(=O)OCC. The molecular formula is C19H30O3. The van der Waals surface area contributed by atoms with E-state index < -0.39 is 0 Å². The largest absolute Gasteiger partial charge is 0.466 e. The summed E-state index contributed by atoms with van der Waals surface area (Å²) in [6.45, 7) is 10.8. The zero-order valence-electron chi connectivity index (χ0n) is 14.7. The van der Waals surface area contributed by atoms with Crippen molar-refractivity contribution in [3.63, 3.8) is 0 Å². The Hall–Kier alpha value is -1.12. The smallest absolute Gasteiger partial charge is 0.312 e. The van der Waals surface area contributed by atoms with Crippen molar-refractivity contribution in [1.82, 2.24) is 0 Å². The molecule has 0 heterocycles. The van der Waals surface area contributed by atoms with Crippen LogP contribution in [0.4, 0.5) is 0 Å². The fourth-order valence-electron chi connectivity index (χ4n) is 4.28. The maximum Gasteiger partial charge on any atom is 0.312 e. The van der Waals surface area contributed by atoms with E-state index in [0.29, 0.717) is 12.5 Å². The molecule has 2 aliphatic carbocycles. The molecule has 3 heteroatoms. The fraction of sp³-hybridized carbons (Fsp3) is 0.789. The normalized spacial score (nSPS) is 32.5. The maximum atomic E-state index is 12.9. The number of Topliss-reactive ketones (excluding diaryl/α,β-unsaturated/α-hetero) is 1. The minimum atomic E-state index is -0.266. The van der Waals surface area contributed by atoms with Crippen molar-refractivity contribution in [2.45, 2.75) is 66.7 Å². The third kappa shape index (κ3) is 2.53. The number of fused-ring (bicyclic) bond motifs is 2. The molecule has 0 amide bonds. The Morgan fingerprint density at radius 3 is 2.55 bits per heavy atom. The van der Waals surface area contributed by atoms with E-state index in [9.17, 15) is 9.59 Å². The zero-order chi connectivity index (χ0) is 16.5. The Morgan fingerprint density at radius 1 is 1.36 bits per heavy atom. The zero-order valence-corrected chi connectivity index (χ0v) is 14.7. The van der Waals surface area contributed by atoms with Crippen LogP contribution in [0.2, 0.25) is 0 Å². The lowest BCUT2D eigenvalue weighted by Crippen LogP contribution is -2.32. The number of esters is 1. The van der Waals surface area contributed by atoms with Gasteiger partial charge in [0.2, 0.25) is 0 Å². The summed E-state index contributed by atoms with van der Waals surface area (Å²) in [5, 5.41) is 0. The van der Waals surface area contributed by atoms with E-state index in [4.69, 9.17) is 4.74 Å². The van der Waals surface area contributed by atoms with Gasteiger partial charge >= 0.3 is 5.97 Å². The standard InChI is InChI=1S/C19H30O3/c1-6-8-9-13(17(21)22-7-2)12-14-15-10-11-19(5,16(14)20)18(15,3)4/h12-13,15H,6-11H2,1-5H3/b14-12+/t13-,15-,19-/m0/s1. The van der Waals surface area contributed by atoms with Crippen LogP contribution in [0.15, 0.2) is 11.6 Å².